The van der Waals surface area contributed by atoms with Gasteiger partial charge in [-0.2, -0.15) is 0 Å². The second-order valence-electron chi connectivity index (χ2n) is 19.3. The summed E-state index contributed by atoms with van der Waals surface area (Å²) in [4.78, 5) is 14.9. The van der Waals surface area contributed by atoms with Gasteiger partial charge in [-0.3, -0.25) is 0 Å². The van der Waals surface area contributed by atoms with Gasteiger partial charge >= 0.3 is 0 Å². The molecule has 0 amide bonds. The lowest BCUT2D eigenvalue weighted by molar-refractivity contribution is 0.670. The molecule has 352 valence electrons. The van der Waals surface area contributed by atoms with Crippen LogP contribution in [0.4, 0.5) is 0 Å². The zero-order valence-electron chi connectivity index (χ0n) is 41.0. The summed E-state index contributed by atoms with van der Waals surface area (Å²) >= 11 is 0. The van der Waals surface area contributed by atoms with Gasteiger partial charge in [-0.25, -0.2) is 15.0 Å². The zero-order chi connectivity index (χ0) is 49.8. The molecule has 14 aromatic rings. The van der Waals surface area contributed by atoms with Crippen molar-refractivity contribution in [2.45, 2.75) is 6.92 Å². The van der Waals surface area contributed by atoms with Crippen molar-refractivity contribution in [2.24, 2.45) is 0 Å². The van der Waals surface area contributed by atoms with Gasteiger partial charge in [0.25, 0.3) is 0 Å². The minimum absolute atomic E-state index is 0.623. The van der Waals surface area contributed by atoms with Crippen LogP contribution >= 0.6 is 0 Å². The van der Waals surface area contributed by atoms with Crippen molar-refractivity contribution in [3.8, 4) is 95.5 Å². The molecular formula is C70H46N4O. The van der Waals surface area contributed by atoms with Crippen LogP contribution in [0.3, 0.4) is 0 Å². The second kappa shape index (κ2) is 18.3. The molecule has 3 heterocycles. The zero-order valence-corrected chi connectivity index (χ0v) is 41.0. The summed E-state index contributed by atoms with van der Waals surface area (Å²) in [5.41, 5.74) is 20.5. The molecule has 0 aliphatic heterocycles. The fourth-order valence-corrected chi connectivity index (χ4v) is 10.8. The maximum atomic E-state index is 6.72. The van der Waals surface area contributed by atoms with Crippen molar-refractivity contribution < 1.29 is 4.42 Å². The Morgan fingerprint density at radius 3 is 1.48 bits per heavy atom. The molecule has 3 aromatic heterocycles. The van der Waals surface area contributed by atoms with Crippen LogP contribution in [0.1, 0.15) is 5.56 Å². The number of aromatic nitrogens is 4. The van der Waals surface area contributed by atoms with Crippen LogP contribution in [-0.4, -0.2) is 19.5 Å². The largest absolute Gasteiger partial charge is 0.455 e. The first-order chi connectivity index (χ1) is 37.0. The third-order valence-electron chi connectivity index (χ3n) is 14.5. The number of benzene rings is 11. The Labute approximate surface area is 434 Å². The van der Waals surface area contributed by atoms with Crippen molar-refractivity contribution in [1.29, 1.82) is 0 Å². The fraction of sp³-hybridized carbons (Fsp3) is 0.0143. The quantitative estimate of drug-likeness (QED) is 0.145. The second-order valence-corrected chi connectivity index (χ2v) is 19.3. The van der Waals surface area contributed by atoms with E-state index in [1.807, 2.05) is 66.7 Å². The molecule has 0 aliphatic carbocycles. The van der Waals surface area contributed by atoms with E-state index < -0.39 is 0 Å². The Kier molecular flexibility index (Phi) is 10.7. The average Bonchev–Trinajstić information content (AvgIpc) is 4.07. The highest BCUT2D eigenvalue weighted by Crippen LogP contribution is 2.42. The smallest absolute Gasteiger partial charge is 0.164 e. The molecule has 0 spiro atoms. The Morgan fingerprint density at radius 1 is 0.293 bits per heavy atom. The standard InChI is InChI=1S/C70H46N4O/c1-45-16-12-21-50(38-45)52-23-13-24-53(39-52)55-36-37-65-62(42-55)59-28-8-10-30-64(59)74(65)58-27-15-25-54(41-58)57-43-61(67-63(44-57)60-29-9-11-31-66(60)75-67)47-34-32-46(33-35-47)51-22-14-26-56(40-51)70-72-68(48-17-4-2-5-18-48)71-69(73-70)49-19-6-3-7-20-49/h2-44H,1H3. The Balaban J connectivity index is 0.835. The van der Waals surface area contributed by atoms with Gasteiger partial charge in [-0.05, 0) is 118 Å². The van der Waals surface area contributed by atoms with E-state index in [0.717, 1.165) is 83.2 Å². The molecule has 5 heteroatoms. The van der Waals surface area contributed by atoms with Crippen LogP contribution in [0.15, 0.2) is 265 Å². The predicted molar refractivity (Wildman–Crippen MR) is 310 cm³/mol. The maximum absolute atomic E-state index is 6.72. The summed E-state index contributed by atoms with van der Waals surface area (Å²) in [6, 6.07) is 92.6. The summed E-state index contributed by atoms with van der Waals surface area (Å²) < 4.78 is 9.13. The lowest BCUT2D eigenvalue weighted by atomic mass is 9.94. The topological polar surface area (TPSA) is 56.7 Å². The van der Waals surface area contributed by atoms with E-state index in [1.54, 1.807) is 0 Å². The number of furan rings is 1. The number of aryl methyl sites for hydroxylation is 1. The van der Waals surface area contributed by atoms with E-state index in [4.69, 9.17) is 19.4 Å². The van der Waals surface area contributed by atoms with Gasteiger partial charge in [0.1, 0.15) is 11.2 Å². The summed E-state index contributed by atoms with van der Waals surface area (Å²) in [7, 11) is 0. The number of rotatable bonds is 9. The van der Waals surface area contributed by atoms with Crippen LogP contribution in [-0.2, 0) is 0 Å². The van der Waals surface area contributed by atoms with Gasteiger partial charge in [0, 0.05) is 49.5 Å². The molecule has 0 saturated heterocycles. The van der Waals surface area contributed by atoms with Gasteiger partial charge in [0.15, 0.2) is 17.5 Å². The van der Waals surface area contributed by atoms with Crippen LogP contribution in [0.25, 0.3) is 139 Å². The van der Waals surface area contributed by atoms with Crippen LogP contribution in [0.5, 0.6) is 0 Å². The highest BCUT2D eigenvalue weighted by Gasteiger charge is 2.19. The van der Waals surface area contributed by atoms with E-state index in [-0.39, 0.29) is 0 Å². The van der Waals surface area contributed by atoms with E-state index in [2.05, 4.69) is 206 Å². The van der Waals surface area contributed by atoms with Gasteiger partial charge in [0.05, 0.1) is 11.0 Å². The van der Waals surface area contributed by atoms with Crippen molar-refractivity contribution in [2.75, 3.05) is 0 Å². The van der Waals surface area contributed by atoms with E-state index in [0.29, 0.717) is 17.5 Å². The van der Waals surface area contributed by atoms with E-state index in [1.165, 1.54) is 44.1 Å². The molecule has 0 saturated carbocycles. The first kappa shape index (κ1) is 43.8. The fourth-order valence-electron chi connectivity index (χ4n) is 10.8. The molecule has 0 radical (unpaired) electrons. The van der Waals surface area contributed by atoms with Crippen molar-refractivity contribution in [3.05, 3.63) is 266 Å². The molecule has 5 nitrogen and oxygen atoms in total. The molecule has 14 rings (SSSR count). The number of nitrogens with zero attached hydrogens (tertiary/aromatic N) is 4. The van der Waals surface area contributed by atoms with Crippen LogP contribution < -0.4 is 0 Å². The van der Waals surface area contributed by atoms with Gasteiger partial charge < -0.3 is 8.98 Å². The van der Waals surface area contributed by atoms with Crippen molar-refractivity contribution in [3.63, 3.8) is 0 Å². The Bertz CT molecular complexity index is 4420. The van der Waals surface area contributed by atoms with Crippen molar-refractivity contribution in [1.82, 2.24) is 19.5 Å². The molecule has 0 fully saturated rings. The molecule has 0 N–H and O–H groups in total. The number of fused-ring (bicyclic) bond motifs is 6. The maximum Gasteiger partial charge on any atom is 0.164 e. The molecule has 0 unspecified atom stereocenters. The SMILES string of the molecule is Cc1cccc(-c2cccc(-c3ccc4c(c3)c3ccccc3n4-c3cccc(-c4cc(-c5ccc(-c6cccc(-c7nc(-c8ccccc8)nc(-c8ccccc8)n7)c6)cc5)c5oc6ccccc6c5c4)c3)c2)c1. The molecule has 0 atom stereocenters. The third-order valence-corrected chi connectivity index (χ3v) is 14.5. The summed E-state index contributed by atoms with van der Waals surface area (Å²) in [5, 5.41) is 4.61. The third kappa shape index (κ3) is 8.04. The number of para-hydroxylation sites is 2. The lowest BCUT2D eigenvalue weighted by Gasteiger charge is -2.13. The van der Waals surface area contributed by atoms with Gasteiger partial charge in [-0.1, -0.05) is 206 Å². The van der Waals surface area contributed by atoms with Crippen LogP contribution in [0.2, 0.25) is 0 Å². The minimum Gasteiger partial charge on any atom is -0.455 e. The highest BCUT2D eigenvalue weighted by atomic mass is 16.3. The molecule has 75 heavy (non-hydrogen) atoms. The Hall–Kier alpha value is -9.97. The van der Waals surface area contributed by atoms with E-state index >= 15 is 0 Å². The van der Waals surface area contributed by atoms with Gasteiger partial charge in [-0.15, -0.1) is 0 Å². The Morgan fingerprint density at radius 2 is 0.773 bits per heavy atom. The number of hydrogen-bond acceptors (Lipinski definition) is 4. The van der Waals surface area contributed by atoms with E-state index in [9.17, 15) is 0 Å². The highest BCUT2D eigenvalue weighted by molar-refractivity contribution is 6.12. The summed E-state index contributed by atoms with van der Waals surface area (Å²) in [6.07, 6.45) is 0. The van der Waals surface area contributed by atoms with Crippen LogP contribution in [0, 0.1) is 6.92 Å². The summed E-state index contributed by atoms with van der Waals surface area (Å²) in [6.45, 7) is 2.15. The molecule has 0 aliphatic rings. The predicted octanol–water partition coefficient (Wildman–Crippen LogP) is 18.5. The molecule has 11 aromatic carbocycles. The lowest BCUT2D eigenvalue weighted by Crippen LogP contribution is -2.00. The molecular weight excluding hydrogens is 913 g/mol. The van der Waals surface area contributed by atoms with Gasteiger partial charge in [0.2, 0.25) is 0 Å². The average molecular weight is 959 g/mol. The molecule has 0 bridgehead atoms. The first-order valence-corrected chi connectivity index (χ1v) is 25.4. The normalized spacial score (nSPS) is 11.5. The number of hydrogen-bond donors (Lipinski definition) is 0. The first-order valence-electron chi connectivity index (χ1n) is 25.4. The van der Waals surface area contributed by atoms with Crippen molar-refractivity contribution >= 4 is 43.7 Å². The minimum atomic E-state index is 0.623. The monoisotopic (exact) mass is 958 g/mol. The summed E-state index contributed by atoms with van der Waals surface area (Å²) in [5.74, 6) is 1.90.